The first-order valence-corrected chi connectivity index (χ1v) is 13.1. The molecule has 0 bridgehead atoms. The van der Waals surface area contributed by atoms with Gasteiger partial charge in [-0.25, -0.2) is 0 Å². The average molecular weight is 617 g/mol. The first kappa shape index (κ1) is 31.9. The van der Waals surface area contributed by atoms with Gasteiger partial charge in [-0.2, -0.15) is 39.5 Å². The van der Waals surface area contributed by atoms with Crippen LogP contribution in [0.2, 0.25) is 0 Å². The molecule has 0 aliphatic carbocycles. The second-order valence-corrected chi connectivity index (χ2v) is 10.3. The van der Waals surface area contributed by atoms with Crippen molar-refractivity contribution in [2.24, 2.45) is 0 Å². The van der Waals surface area contributed by atoms with E-state index in [0.717, 1.165) is 22.6 Å². The zero-order valence-corrected chi connectivity index (χ0v) is 22.4. The second-order valence-electron chi connectivity index (χ2n) is 10.3. The number of halogens is 9. The third-order valence-corrected chi connectivity index (χ3v) is 7.09. The zero-order chi connectivity index (χ0) is 31.6. The van der Waals surface area contributed by atoms with Crippen LogP contribution in [0.3, 0.4) is 0 Å². The largest absolute Gasteiger partial charge is 0.416 e. The van der Waals surface area contributed by atoms with Crippen LogP contribution in [0.25, 0.3) is 0 Å². The first-order valence-electron chi connectivity index (χ1n) is 13.1. The first-order chi connectivity index (χ1) is 20.0. The molecule has 3 aromatic carbocycles. The minimum absolute atomic E-state index is 0.0380. The number of benzene rings is 3. The maximum Gasteiger partial charge on any atom is 0.416 e. The van der Waals surface area contributed by atoms with Gasteiger partial charge in [-0.15, -0.1) is 0 Å². The van der Waals surface area contributed by atoms with Gasteiger partial charge >= 0.3 is 18.5 Å². The molecule has 4 rings (SSSR count). The monoisotopic (exact) mass is 616 g/mol. The lowest BCUT2D eigenvalue weighted by atomic mass is 9.99. The zero-order valence-electron chi connectivity index (χ0n) is 22.4. The summed E-state index contributed by atoms with van der Waals surface area (Å²) in [6.45, 7) is -0.834. The van der Waals surface area contributed by atoms with E-state index >= 15 is 0 Å². The number of aryl methyl sites for hydroxylation is 1. The van der Waals surface area contributed by atoms with Crippen molar-refractivity contribution < 1.29 is 49.1 Å². The summed E-state index contributed by atoms with van der Waals surface area (Å²) in [5.41, 5.74) is -3.45. The second kappa shape index (κ2) is 12.3. The van der Waals surface area contributed by atoms with Gasteiger partial charge in [-0.05, 0) is 59.9 Å². The fourth-order valence-electron chi connectivity index (χ4n) is 4.96. The van der Waals surface area contributed by atoms with E-state index in [4.69, 9.17) is 0 Å². The van der Waals surface area contributed by atoms with Gasteiger partial charge in [-0.3, -0.25) is 9.59 Å². The number of piperazine rings is 1. The normalized spacial score (nSPS) is 16.5. The molecule has 1 atom stereocenters. The topological polar surface area (TPSA) is 40.6 Å². The van der Waals surface area contributed by atoms with E-state index in [-0.39, 0.29) is 24.7 Å². The molecule has 1 aliphatic rings. The maximum absolute atomic E-state index is 13.3. The molecule has 1 heterocycles. The van der Waals surface area contributed by atoms with Crippen molar-refractivity contribution in [3.05, 3.63) is 106 Å². The molecule has 0 saturated carbocycles. The fraction of sp³-hybridized carbons (Fsp3) is 0.333. The predicted octanol–water partition coefficient (Wildman–Crippen LogP) is 7.16. The summed E-state index contributed by atoms with van der Waals surface area (Å²) in [5, 5.41) is 0. The van der Waals surface area contributed by atoms with Crippen molar-refractivity contribution in [2.75, 3.05) is 13.1 Å². The van der Waals surface area contributed by atoms with Gasteiger partial charge in [-0.1, -0.05) is 42.5 Å². The summed E-state index contributed by atoms with van der Waals surface area (Å²) in [5.74, 6) is -1.47. The van der Waals surface area contributed by atoms with Crippen LogP contribution in [0.5, 0.6) is 0 Å². The van der Waals surface area contributed by atoms with Gasteiger partial charge in [0.2, 0.25) is 11.8 Å². The molecule has 1 aliphatic heterocycles. The van der Waals surface area contributed by atoms with Crippen molar-refractivity contribution in [1.29, 1.82) is 0 Å². The van der Waals surface area contributed by atoms with E-state index in [1.165, 1.54) is 17.0 Å². The molecule has 3 aromatic rings. The summed E-state index contributed by atoms with van der Waals surface area (Å²) in [7, 11) is 0. The number of hydrogen-bond acceptors (Lipinski definition) is 2. The molecule has 2 amide bonds. The van der Waals surface area contributed by atoms with Gasteiger partial charge in [0.15, 0.2) is 0 Å². The Morgan fingerprint density at radius 1 is 0.698 bits per heavy atom. The highest BCUT2D eigenvalue weighted by Crippen LogP contribution is 2.37. The van der Waals surface area contributed by atoms with E-state index < -0.39 is 71.6 Å². The van der Waals surface area contributed by atoms with Crippen LogP contribution >= 0.6 is 0 Å². The van der Waals surface area contributed by atoms with Crippen molar-refractivity contribution >= 4 is 11.8 Å². The number of carbonyl (C=O) groups is 2. The molecule has 1 saturated heterocycles. The van der Waals surface area contributed by atoms with E-state index in [2.05, 4.69) is 0 Å². The Hall–Kier alpha value is -4.03. The number of rotatable bonds is 7. The SMILES string of the molecule is O=C(Cc1cc(C(F)(F)F)cc(C(F)(F)F)c1)N1CC(=O)N(Cc2cccc(C(F)(F)F)c2)[C@@H](CCc2ccccc2)C1. The van der Waals surface area contributed by atoms with Gasteiger partial charge in [0.05, 0.1) is 35.7 Å². The van der Waals surface area contributed by atoms with Gasteiger partial charge in [0.25, 0.3) is 0 Å². The molecule has 0 N–H and O–H groups in total. The highest BCUT2D eigenvalue weighted by atomic mass is 19.4. The van der Waals surface area contributed by atoms with Crippen LogP contribution in [0.15, 0.2) is 72.8 Å². The fourth-order valence-corrected chi connectivity index (χ4v) is 4.96. The van der Waals surface area contributed by atoms with Crippen molar-refractivity contribution in [1.82, 2.24) is 9.80 Å². The molecule has 4 nitrogen and oxygen atoms in total. The molecule has 43 heavy (non-hydrogen) atoms. The van der Waals surface area contributed by atoms with Crippen molar-refractivity contribution in [2.45, 2.75) is 50.4 Å². The van der Waals surface area contributed by atoms with Crippen LogP contribution in [-0.2, 0) is 47.5 Å². The molecule has 0 aromatic heterocycles. The summed E-state index contributed by atoms with van der Waals surface area (Å²) in [6.07, 6.45) is -14.9. The minimum atomic E-state index is -5.09. The lowest BCUT2D eigenvalue weighted by Crippen LogP contribution is -2.57. The highest BCUT2D eigenvalue weighted by molar-refractivity contribution is 5.87. The molecular formula is C30H25F9N2O2. The summed E-state index contributed by atoms with van der Waals surface area (Å²) in [6, 6.07) is 13.7. The van der Waals surface area contributed by atoms with E-state index in [1.807, 2.05) is 12.1 Å². The molecular weight excluding hydrogens is 591 g/mol. The lowest BCUT2D eigenvalue weighted by molar-refractivity contribution is -0.149. The molecule has 0 radical (unpaired) electrons. The Bertz CT molecular complexity index is 1420. The number of amides is 2. The Morgan fingerprint density at radius 3 is 1.84 bits per heavy atom. The van der Waals surface area contributed by atoms with Crippen molar-refractivity contribution in [3.63, 3.8) is 0 Å². The van der Waals surface area contributed by atoms with Gasteiger partial charge < -0.3 is 9.80 Å². The summed E-state index contributed by atoms with van der Waals surface area (Å²) in [4.78, 5) is 28.8. The van der Waals surface area contributed by atoms with Crippen LogP contribution in [0, 0.1) is 0 Å². The number of hydrogen-bond donors (Lipinski definition) is 0. The highest BCUT2D eigenvalue weighted by Gasteiger charge is 2.39. The molecule has 1 fully saturated rings. The van der Waals surface area contributed by atoms with E-state index in [9.17, 15) is 49.1 Å². The minimum Gasteiger partial charge on any atom is -0.332 e. The molecule has 13 heteroatoms. The molecule has 230 valence electrons. The lowest BCUT2D eigenvalue weighted by Gasteiger charge is -2.41. The molecule has 0 spiro atoms. The standard InChI is InChI=1S/C30H25F9N2O2/c31-28(32,33)22-8-4-7-20(11-22)16-41-25(10-9-19-5-2-1-3-6-19)17-40(18-27(41)43)26(42)14-21-12-23(29(34,35)36)15-24(13-21)30(37,38)39/h1-8,11-13,15,25H,9-10,14,16-18H2/t25-/m0/s1. The van der Waals surface area contributed by atoms with E-state index in [0.29, 0.717) is 25.0 Å². The van der Waals surface area contributed by atoms with Gasteiger partial charge in [0.1, 0.15) is 0 Å². The van der Waals surface area contributed by atoms with Crippen LogP contribution in [-0.4, -0.2) is 40.7 Å². The Balaban J connectivity index is 1.58. The average Bonchev–Trinajstić information content (AvgIpc) is 2.92. The van der Waals surface area contributed by atoms with Crippen LogP contribution < -0.4 is 0 Å². The number of alkyl halides is 9. The Kier molecular flexibility index (Phi) is 9.12. The Labute approximate surface area is 240 Å². The number of carbonyl (C=O) groups excluding carboxylic acids is 2. The summed E-state index contributed by atoms with van der Waals surface area (Å²) >= 11 is 0. The van der Waals surface area contributed by atoms with Crippen LogP contribution in [0.4, 0.5) is 39.5 Å². The third-order valence-electron chi connectivity index (χ3n) is 7.09. The summed E-state index contributed by atoms with van der Waals surface area (Å²) < 4.78 is 120. The third kappa shape index (κ3) is 8.29. The molecule has 0 unspecified atom stereocenters. The smallest absolute Gasteiger partial charge is 0.332 e. The Morgan fingerprint density at radius 2 is 1.26 bits per heavy atom. The predicted molar refractivity (Wildman–Crippen MR) is 137 cm³/mol. The van der Waals surface area contributed by atoms with Crippen LogP contribution in [0.1, 0.15) is 39.8 Å². The van der Waals surface area contributed by atoms with Gasteiger partial charge in [0, 0.05) is 13.1 Å². The number of nitrogens with zero attached hydrogens (tertiary/aromatic N) is 2. The quantitative estimate of drug-likeness (QED) is 0.265. The van der Waals surface area contributed by atoms with Crippen molar-refractivity contribution in [3.8, 4) is 0 Å². The van der Waals surface area contributed by atoms with E-state index in [1.54, 1.807) is 18.2 Å². The maximum atomic E-state index is 13.3.